The molecule has 0 bridgehead atoms. The molecule has 0 fully saturated rings. The molecule has 0 radical (unpaired) electrons. The molecule has 22 heavy (non-hydrogen) atoms. The van der Waals surface area contributed by atoms with Gasteiger partial charge in [0.25, 0.3) is 5.91 Å². The molecule has 0 aliphatic carbocycles. The van der Waals surface area contributed by atoms with E-state index in [9.17, 15) is 4.79 Å². The average molecular weight is 320 g/mol. The van der Waals surface area contributed by atoms with Crippen LogP contribution in [-0.4, -0.2) is 31.3 Å². The molecule has 0 unspecified atom stereocenters. The van der Waals surface area contributed by atoms with Crippen LogP contribution in [0.4, 0.5) is 5.13 Å². The number of hydrogen-bond donors (Lipinski definition) is 2. The van der Waals surface area contributed by atoms with Gasteiger partial charge in [-0.3, -0.25) is 4.79 Å². The van der Waals surface area contributed by atoms with E-state index in [1.807, 2.05) is 0 Å². The Labute approximate surface area is 131 Å². The minimum absolute atomic E-state index is 0.348. The Morgan fingerprint density at radius 2 is 2.18 bits per heavy atom. The van der Waals surface area contributed by atoms with Crippen molar-refractivity contribution in [2.45, 2.75) is 6.92 Å². The predicted octanol–water partition coefficient (Wildman–Crippen LogP) is 1.81. The second kappa shape index (κ2) is 6.90. The van der Waals surface area contributed by atoms with E-state index in [4.69, 9.17) is 15.2 Å². The van der Waals surface area contributed by atoms with Crippen molar-refractivity contribution in [2.24, 2.45) is 5.10 Å². The van der Waals surface area contributed by atoms with Crippen molar-refractivity contribution in [1.29, 1.82) is 0 Å². The Morgan fingerprint density at radius 3 is 2.77 bits per heavy atom. The molecule has 8 heteroatoms. The second-order valence-electron chi connectivity index (χ2n) is 4.25. The number of thiazole rings is 1. The van der Waals surface area contributed by atoms with Crippen LogP contribution >= 0.6 is 11.3 Å². The van der Waals surface area contributed by atoms with Crippen LogP contribution in [0, 0.1) is 6.92 Å². The van der Waals surface area contributed by atoms with Gasteiger partial charge in [0.1, 0.15) is 4.88 Å². The van der Waals surface area contributed by atoms with Crippen molar-refractivity contribution in [1.82, 2.24) is 10.4 Å². The molecule has 0 aliphatic heterocycles. The van der Waals surface area contributed by atoms with E-state index in [1.54, 1.807) is 32.2 Å². The Kier molecular flexibility index (Phi) is 4.95. The summed E-state index contributed by atoms with van der Waals surface area (Å²) in [5.41, 5.74) is 9.27. The van der Waals surface area contributed by atoms with Gasteiger partial charge in [0.05, 0.1) is 26.1 Å². The molecule has 0 spiro atoms. The topological polar surface area (TPSA) is 98.8 Å². The van der Waals surface area contributed by atoms with Crippen LogP contribution in [0.5, 0.6) is 11.5 Å². The number of carbonyl (C=O) groups excluding carboxylic acids is 1. The Morgan fingerprint density at radius 1 is 1.41 bits per heavy atom. The monoisotopic (exact) mass is 320 g/mol. The third-order valence-corrected chi connectivity index (χ3v) is 3.81. The summed E-state index contributed by atoms with van der Waals surface area (Å²) in [5.74, 6) is 0.773. The summed E-state index contributed by atoms with van der Waals surface area (Å²) < 4.78 is 10.5. The Bertz CT molecular complexity index is 712. The normalized spacial score (nSPS) is 10.7. The molecular formula is C14H16N4O3S. The largest absolute Gasteiger partial charge is 0.493 e. The maximum Gasteiger partial charge on any atom is 0.283 e. The van der Waals surface area contributed by atoms with E-state index in [-0.39, 0.29) is 5.91 Å². The highest BCUT2D eigenvalue weighted by Crippen LogP contribution is 2.29. The number of nitrogens with two attached hydrogens (primary N) is 1. The second-order valence-corrected chi connectivity index (χ2v) is 5.28. The van der Waals surface area contributed by atoms with Gasteiger partial charge in [-0.25, -0.2) is 10.4 Å². The van der Waals surface area contributed by atoms with Crippen molar-refractivity contribution in [3.8, 4) is 11.5 Å². The van der Waals surface area contributed by atoms with Crippen LogP contribution in [-0.2, 0) is 0 Å². The van der Waals surface area contributed by atoms with Crippen molar-refractivity contribution in [3.63, 3.8) is 0 Å². The van der Waals surface area contributed by atoms with Crippen LogP contribution in [0.25, 0.3) is 0 Å². The van der Waals surface area contributed by atoms with Crippen LogP contribution in [0.15, 0.2) is 23.3 Å². The number of hydrazone groups is 1. The van der Waals surface area contributed by atoms with E-state index in [0.29, 0.717) is 32.8 Å². The van der Waals surface area contributed by atoms with Crippen molar-refractivity contribution in [3.05, 3.63) is 34.3 Å². The maximum absolute atomic E-state index is 12.0. The number of nitrogen functional groups attached to an aromatic ring is 1. The number of nitrogens with one attached hydrogen (secondary N) is 1. The lowest BCUT2D eigenvalue weighted by Gasteiger charge is -2.09. The van der Waals surface area contributed by atoms with Crippen LogP contribution < -0.4 is 20.6 Å². The number of nitrogens with zero attached hydrogens (tertiary/aromatic N) is 2. The smallest absolute Gasteiger partial charge is 0.283 e. The number of anilines is 1. The quantitative estimate of drug-likeness (QED) is 0.646. The lowest BCUT2D eigenvalue weighted by atomic mass is 10.2. The average Bonchev–Trinajstić information content (AvgIpc) is 2.85. The fourth-order valence-corrected chi connectivity index (χ4v) is 2.58. The fraction of sp³-hybridized carbons (Fsp3) is 0.214. The van der Waals surface area contributed by atoms with Gasteiger partial charge in [0.2, 0.25) is 0 Å². The number of benzene rings is 1. The molecule has 0 aliphatic rings. The van der Waals surface area contributed by atoms with Gasteiger partial charge in [0, 0.05) is 5.56 Å². The summed E-state index contributed by atoms with van der Waals surface area (Å²) in [6.07, 6.45) is 1.49. The van der Waals surface area contributed by atoms with Crippen LogP contribution in [0.2, 0.25) is 0 Å². The SMILES string of the molecule is COc1cccc(/C=N/NC(=O)c2sc(N)nc2C)c1OC. The Hall–Kier alpha value is -2.61. The molecule has 3 N–H and O–H groups in total. The summed E-state index contributed by atoms with van der Waals surface area (Å²) in [7, 11) is 3.09. The molecule has 1 aromatic carbocycles. The van der Waals surface area contributed by atoms with E-state index in [2.05, 4.69) is 15.5 Å². The van der Waals surface area contributed by atoms with Crippen LogP contribution in [0.3, 0.4) is 0 Å². The molecule has 2 aromatic rings. The maximum atomic E-state index is 12.0. The van der Waals surface area contributed by atoms with Gasteiger partial charge in [-0.1, -0.05) is 17.4 Å². The van der Waals surface area contributed by atoms with Gasteiger partial charge < -0.3 is 15.2 Å². The highest BCUT2D eigenvalue weighted by molar-refractivity contribution is 7.17. The molecule has 0 saturated heterocycles. The highest BCUT2D eigenvalue weighted by Gasteiger charge is 2.13. The molecule has 0 saturated carbocycles. The minimum Gasteiger partial charge on any atom is -0.493 e. The third-order valence-electron chi connectivity index (χ3n) is 2.82. The first-order valence-corrected chi connectivity index (χ1v) is 7.15. The molecule has 1 aromatic heterocycles. The number of carbonyl (C=O) groups is 1. The van der Waals surface area contributed by atoms with E-state index >= 15 is 0 Å². The van der Waals surface area contributed by atoms with Gasteiger partial charge in [-0.15, -0.1) is 0 Å². The molecule has 116 valence electrons. The zero-order chi connectivity index (χ0) is 16.1. The number of methoxy groups -OCH3 is 2. The molecule has 7 nitrogen and oxygen atoms in total. The predicted molar refractivity (Wildman–Crippen MR) is 85.9 cm³/mol. The lowest BCUT2D eigenvalue weighted by molar-refractivity contribution is 0.0958. The first kappa shape index (κ1) is 15.8. The zero-order valence-corrected chi connectivity index (χ0v) is 13.2. The third kappa shape index (κ3) is 3.34. The number of hydrogen-bond acceptors (Lipinski definition) is 7. The highest BCUT2D eigenvalue weighted by atomic mass is 32.1. The first-order valence-electron chi connectivity index (χ1n) is 6.34. The molecule has 0 atom stereocenters. The zero-order valence-electron chi connectivity index (χ0n) is 12.4. The van der Waals surface area contributed by atoms with E-state index in [0.717, 1.165) is 11.3 Å². The van der Waals surface area contributed by atoms with Gasteiger partial charge >= 0.3 is 0 Å². The van der Waals surface area contributed by atoms with Crippen molar-refractivity contribution in [2.75, 3.05) is 20.0 Å². The summed E-state index contributed by atoms with van der Waals surface area (Å²) in [4.78, 5) is 16.4. The van der Waals surface area contributed by atoms with Gasteiger partial charge in [-0.2, -0.15) is 5.10 Å². The van der Waals surface area contributed by atoms with Gasteiger partial charge in [-0.05, 0) is 19.1 Å². The Balaban J connectivity index is 2.13. The summed E-state index contributed by atoms with van der Waals surface area (Å²) >= 11 is 1.12. The van der Waals surface area contributed by atoms with E-state index < -0.39 is 0 Å². The lowest BCUT2D eigenvalue weighted by Crippen LogP contribution is -2.17. The number of rotatable bonds is 5. The summed E-state index contributed by atoms with van der Waals surface area (Å²) in [5, 5.41) is 4.28. The number of ether oxygens (including phenoxy) is 2. The van der Waals surface area contributed by atoms with E-state index in [1.165, 1.54) is 13.3 Å². The standard InChI is InChI=1S/C14H16N4O3S/c1-8-12(22-14(15)17-8)13(19)18-16-7-9-5-4-6-10(20-2)11(9)21-3/h4-7H,1-3H3,(H2,15,17)(H,18,19)/b16-7+. The molecular weight excluding hydrogens is 304 g/mol. The van der Waals surface area contributed by atoms with Gasteiger partial charge in [0.15, 0.2) is 16.6 Å². The van der Waals surface area contributed by atoms with Crippen molar-refractivity contribution < 1.29 is 14.3 Å². The first-order chi connectivity index (χ1) is 10.6. The van der Waals surface area contributed by atoms with Crippen LogP contribution in [0.1, 0.15) is 20.9 Å². The molecule has 1 heterocycles. The number of amides is 1. The molecule has 2 rings (SSSR count). The number of aryl methyl sites for hydroxylation is 1. The number of para-hydroxylation sites is 1. The number of aromatic nitrogens is 1. The molecule has 1 amide bonds. The summed E-state index contributed by atoms with van der Waals surface area (Å²) in [6, 6.07) is 5.38. The minimum atomic E-state index is -0.357. The van der Waals surface area contributed by atoms with Crippen molar-refractivity contribution >= 4 is 28.6 Å². The summed E-state index contributed by atoms with van der Waals surface area (Å²) in [6.45, 7) is 1.72. The fourth-order valence-electron chi connectivity index (χ4n) is 1.85.